The molecule has 5 heteroatoms. The zero-order valence-electron chi connectivity index (χ0n) is 9.38. The lowest BCUT2D eigenvalue weighted by molar-refractivity contribution is 0.0950. The number of amides is 1. The van der Waals surface area contributed by atoms with Crippen LogP contribution in [0.3, 0.4) is 0 Å². The van der Waals surface area contributed by atoms with E-state index in [4.69, 9.17) is 0 Å². The fourth-order valence-corrected chi connectivity index (χ4v) is 1.53. The molecular formula is C13H10BrN3O. The highest BCUT2D eigenvalue weighted by molar-refractivity contribution is 9.10. The highest BCUT2D eigenvalue weighted by atomic mass is 79.9. The first-order chi connectivity index (χ1) is 8.75. The van der Waals surface area contributed by atoms with Gasteiger partial charge in [-0.1, -0.05) is 34.1 Å². The predicted octanol–water partition coefficient (Wildman–Crippen LogP) is 2.61. The number of hydrazone groups is 1. The lowest BCUT2D eigenvalue weighted by atomic mass is 10.2. The molecule has 0 spiro atoms. The van der Waals surface area contributed by atoms with Crippen LogP contribution in [0.4, 0.5) is 0 Å². The molecule has 1 amide bonds. The monoisotopic (exact) mass is 303 g/mol. The molecule has 0 aliphatic carbocycles. The quantitative estimate of drug-likeness (QED) is 0.700. The summed E-state index contributed by atoms with van der Waals surface area (Å²) in [5.41, 5.74) is 3.66. The first kappa shape index (κ1) is 12.4. The Labute approximate surface area is 113 Å². The van der Waals surface area contributed by atoms with Crippen molar-refractivity contribution in [1.82, 2.24) is 10.4 Å². The summed E-state index contributed by atoms with van der Waals surface area (Å²) in [6.07, 6.45) is 3.14. The van der Waals surface area contributed by atoms with Gasteiger partial charge in [-0.25, -0.2) is 5.43 Å². The lowest BCUT2D eigenvalue weighted by Crippen LogP contribution is -2.18. The zero-order chi connectivity index (χ0) is 12.8. The molecule has 1 heterocycles. The van der Waals surface area contributed by atoms with E-state index in [1.807, 2.05) is 24.3 Å². The number of rotatable bonds is 3. The third-order valence-corrected chi connectivity index (χ3v) is 2.68. The van der Waals surface area contributed by atoms with Crippen LogP contribution in [-0.4, -0.2) is 17.1 Å². The largest absolute Gasteiger partial charge is 0.289 e. The zero-order valence-corrected chi connectivity index (χ0v) is 11.0. The Kier molecular flexibility index (Phi) is 4.20. The number of pyridine rings is 1. The number of halogens is 1. The van der Waals surface area contributed by atoms with E-state index in [1.54, 1.807) is 30.6 Å². The van der Waals surface area contributed by atoms with Crippen molar-refractivity contribution in [2.24, 2.45) is 5.10 Å². The second kappa shape index (κ2) is 6.07. The summed E-state index contributed by atoms with van der Waals surface area (Å²) in [7, 11) is 0. The van der Waals surface area contributed by atoms with Crippen molar-refractivity contribution >= 4 is 28.1 Å². The fraction of sp³-hybridized carbons (Fsp3) is 0. The molecular weight excluding hydrogens is 294 g/mol. The van der Waals surface area contributed by atoms with Gasteiger partial charge in [-0.2, -0.15) is 5.10 Å². The molecule has 1 aromatic heterocycles. The molecule has 90 valence electrons. The summed E-state index contributed by atoms with van der Waals surface area (Å²) in [6.45, 7) is 0. The SMILES string of the molecule is O=C(N/N=C\c1ccc(Br)cc1)c1ccccn1. The van der Waals surface area contributed by atoms with Gasteiger partial charge < -0.3 is 0 Å². The minimum absolute atomic E-state index is 0.330. The highest BCUT2D eigenvalue weighted by Gasteiger charge is 2.03. The summed E-state index contributed by atoms with van der Waals surface area (Å²) >= 11 is 3.34. The maximum absolute atomic E-state index is 11.6. The van der Waals surface area contributed by atoms with Gasteiger partial charge in [0, 0.05) is 10.7 Å². The number of carbonyl (C=O) groups is 1. The average Bonchev–Trinajstić information content (AvgIpc) is 2.42. The number of nitrogens with zero attached hydrogens (tertiary/aromatic N) is 2. The van der Waals surface area contributed by atoms with Crippen molar-refractivity contribution in [3.05, 3.63) is 64.4 Å². The molecule has 18 heavy (non-hydrogen) atoms. The summed E-state index contributed by atoms with van der Waals surface area (Å²) in [5.74, 6) is -0.330. The topological polar surface area (TPSA) is 54.4 Å². The molecule has 0 unspecified atom stereocenters. The molecule has 0 radical (unpaired) electrons. The first-order valence-electron chi connectivity index (χ1n) is 5.26. The van der Waals surface area contributed by atoms with Gasteiger partial charge in [0.15, 0.2) is 0 Å². The van der Waals surface area contributed by atoms with E-state index in [-0.39, 0.29) is 5.91 Å². The van der Waals surface area contributed by atoms with Gasteiger partial charge in [0.1, 0.15) is 5.69 Å². The summed E-state index contributed by atoms with van der Waals surface area (Å²) in [5, 5.41) is 3.87. The van der Waals surface area contributed by atoms with Crippen LogP contribution >= 0.6 is 15.9 Å². The van der Waals surface area contributed by atoms with Crippen LogP contribution in [0.25, 0.3) is 0 Å². The Morgan fingerprint density at radius 1 is 1.22 bits per heavy atom. The van der Waals surface area contributed by atoms with E-state index >= 15 is 0 Å². The Morgan fingerprint density at radius 3 is 2.67 bits per heavy atom. The van der Waals surface area contributed by atoms with Gasteiger partial charge in [0.2, 0.25) is 0 Å². The third-order valence-electron chi connectivity index (χ3n) is 2.15. The minimum Gasteiger partial charge on any atom is -0.266 e. The molecule has 0 atom stereocenters. The van der Waals surface area contributed by atoms with Crippen LogP contribution in [0.1, 0.15) is 16.1 Å². The van der Waals surface area contributed by atoms with Gasteiger partial charge in [0.05, 0.1) is 6.21 Å². The molecule has 0 bridgehead atoms. The number of hydrogen-bond acceptors (Lipinski definition) is 3. The van der Waals surface area contributed by atoms with Crippen molar-refractivity contribution in [3.8, 4) is 0 Å². The van der Waals surface area contributed by atoms with Crippen LogP contribution in [0.5, 0.6) is 0 Å². The molecule has 0 aliphatic heterocycles. The van der Waals surface area contributed by atoms with E-state index < -0.39 is 0 Å². The second-order valence-electron chi connectivity index (χ2n) is 3.47. The standard InChI is InChI=1S/C13H10BrN3O/c14-11-6-4-10(5-7-11)9-16-17-13(18)12-3-1-2-8-15-12/h1-9H,(H,17,18)/b16-9-. The Bertz CT molecular complexity index is 552. The van der Waals surface area contributed by atoms with Crippen LogP contribution in [0, 0.1) is 0 Å². The molecule has 0 aliphatic rings. The van der Waals surface area contributed by atoms with Crippen LogP contribution in [-0.2, 0) is 0 Å². The summed E-state index contributed by atoms with van der Waals surface area (Å²) < 4.78 is 0.997. The summed E-state index contributed by atoms with van der Waals surface area (Å²) in [6, 6.07) is 12.7. The molecule has 0 fully saturated rings. The normalized spacial score (nSPS) is 10.5. The predicted molar refractivity (Wildman–Crippen MR) is 73.4 cm³/mol. The van der Waals surface area contributed by atoms with Gasteiger partial charge in [-0.05, 0) is 29.8 Å². The van der Waals surface area contributed by atoms with Crippen molar-refractivity contribution in [2.45, 2.75) is 0 Å². The minimum atomic E-state index is -0.330. The van der Waals surface area contributed by atoms with Gasteiger partial charge in [-0.15, -0.1) is 0 Å². The Morgan fingerprint density at radius 2 is 2.00 bits per heavy atom. The van der Waals surface area contributed by atoms with Gasteiger partial charge in [0.25, 0.3) is 5.91 Å². The van der Waals surface area contributed by atoms with Gasteiger partial charge in [-0.3, -0.25) is 9.78 Å². The Hall–Kier alpha value is -2.01. The maximum atomic E-state index is 11.6. The van der Waals surface area contributed by atoms with Gasteiger partial charge >= 0.3 is 0 Å². The number of benzene rings is 1. The van der Waals surface area contributed by atoms with Crippen LogP contribution in [0.2, 0.25) is 0 Å². The lowest BCUT2D eigenvalue weighted by Gasteiger charge is -1.98. The van der Waals surface area contributed by atoms with Crippen LogP contribution in [0.15, 0.2) is 58.2 Å². The maximum Gasteiger partial charge on any atom is 0.289 e. The number of aromatic nitrogens is 1. The third kappa shape index (κ3) is 3.49. The number of carbonyl (C=O) groups excluding carboxylic acids is 1. The molecule has 2 rings (SSSR count). The fourth-order valence-electron chi connectivity index (χ4n) is 1.27. The van der Waals surface area contributed by atoms with E-state index in [9.17, 15) is 4.79 Å². The molecule has 1 N–H and O–H groups in total. The van der Waals surface area contributed by atoms with E-state index in [0.717, 1.165) is 10.0 Å². The smallest absolute Gasteiger partial charge is 0.266 e. The highest BCUT2D eigenvalue weighted by Crippen LogP contribution is 2.08. The van der Waals surface area contributed by atoms with E-state index in [2.05, 4.69) is 31.4 Å². The number of hydrogen-bond donors (Lipinski definition) is 1. The first-order valence-corrected chi connectivity index (χ1v) is 6.05. The van der Waals surface area contributed by atoms with Crippen molar-refractivity contribution in [1.29, 1.82) is 0 Å². The van der Waals surface area contributed by atoms with Crippen molar-refractivity contribution < 1.29 is 4.79 Å². The molecule has 2 aromatic rings. The van der Waals surface area contributed by atoms with Crippen molar-refractivity contribution in [2.75, 3.05) is 0 Å². The molecule has 4 nitrogen and oxygen atoms in total. The van der Waals surface area contributed by atoms with E-state index in [0.29, 0.717) is 5.69 Å². The second-order valence-corrected chi connectivity index (χ2v) is 4.38. The number of nitrogens with one attached hydrogen (secondary N) is 1. The Balaban J connectivity index is 1.96. The van der Waals surface area contributed by atoms with Crippen LogP contribution < -0.4 is 5.43 Å². The average molecular weight is 304 g/mol. The molecule has 1 aromatic carbocycles. The van der Waals surface area contributed by atoms with Crippen molar-refractivity contribution in [3.63, 3.8) is 0 Å². The summed E-state index contributed by atoms with van der Waals surface area (Å²) in [4.78, 5) is 15.5. The molecule has 0 saturated carbocycles. The molecule has 0 saturated heterocycles. The van der Waals surface area contributed by atoms with E-state index in [1.165, 1.54) is 0 Å².